The number of fused-ring (bicyclic) bond motifs is 2. The number of rotatable bonds is 7. The first-order chi connectivity index (χ1) is 19.2. The van der Waals surface area contributed by atoms with Crippen molar-refractivity contribution in [2.24, 2.45) is 0 Å². The highest BCUT2D eigenvalue weighted by Gasteiger charge is 2.61. The number of benzene rings is 1. The minimum Gasteiger partial charge on any atom is -0.351 e. The molecule has 8 heteroatoms. The Morgan fingerprint density at radius 1 is 0.949 bits per heavy atom. The van der Waals surface area contributed by atoms with Crippen LogP contribution in [0.4, 0.5) is 11.8 Å². The number of anilines is 2. The van der Waals surface area contributed by atoms with Crippen molar-refractivity contribution >= 4 is 29.6 Å². The van der Waals surface area contributed by atoms with Gasteiger partial charge in [-0.15, -0.1) is 0 Å². The van der Waals surface area contributed by atoms with Crippen molar-refractivity contribution in [1.82, 2.24) is 19.2 Å². The predicted molar refractivity (Wildman–Crippen MR) is 157 cm³/mol. The fourth-order valence-corrected chi connectivity index (χ4v) is 8.23. The summed E-state index contributed by atoms with van der Waals surface area (Å²) >= 11 is 1.90. The van der Waals surface area contributed by atoms with Gasteiger partial charge >= 0.3 is 0 Å². The summed E-state index contributed by atoms with van der Waals surface area (Å²) in [6.07, 6.45) is 16.0. The summed E-state index contributed by atoms with van der Waals surface area (Å²) in [5.41, 5.74) is 2.21. The molecule has 0 atom stereocenters. The number of nitrogens with one attached hydrogen (secondary N) is 1. The van der Waals surface area contributed by atoms with E-state index in [1.165, 1.54) is 62.1 Å². The van der Waals surface area contributed by atoms with Crippen molar-refractivity contribution in [3.05, 3.63) is 41.6 Å². The second-order valence-electron chi connectivity index (χ2n) is 12.4. The first-order valence-electron chi connectivity index (χ1n) is 15.4. The van der Waals surface area contributed by atoms with Gasteiger partial charge in [-0.3, -0.25) is 14.6 Å². The van der Waals surface area contributed by atoms with Crippen molar-refractivity contribution in [3.8, 4) is 0 Å². The molecule has 4 fully saturated rings. The lowest BCUT2D eigenvalue weighted by Gasteiger charge is -2.32. The molecule has 0 bridgehead atoms. The normalized spacial score (nSPS) is 24.3. The number of carbonyl (C=O) groups excluding carboxylic acids is 1. The third-order valence-electron chi connectivity index (χ3n) is 9.61. The van der Waals surface area contributed by atoms with Gasteiger partial charge in [0.2, 0.25) is 11.9 Å². The van der Waals surface area contributed by atoms with E-state index >= 15 is 0 Å². The number of nitrogens with zero attached hydrogens (tertiary/aromatic N) is 5. The van der Waals surface area contributed by atoms with Crippen molar-refractivity contribution in [2.75, 3.05) is 36.4 Å². The fraction of sp³-hybridized carbons (Fsp3) is 0.645. The first-order valence-corrected chi connectivity index (χ1v) is 16.2. The molecule has 2 saturated heterocycles. The topological polar surface area (TPSA) is 64.6 Å². The molecule has 1 aromatic heterocycles. The SMILES string of the molecule is O=C1N(C2CCCCC2)c2nc(NC3CCN(Sc4cccc(CN5CCCCC5)c4)CC3)ncc2C12CC2. The van der Waals surface area contributed by atoms with Crippen LogP contribution in [0.3, 0.4) is 0 Å². The van der Waals surface area contributed by atoms with E-state index in [4.69, 9.17) is 9.97 Å². The van der Waals surface area contributed by atoms with Crippen LogP contribution in [-0.2, 0) is 16.8 Å². The highest BCUT2D eigenvalue weighted by Crippen LogP contribution is 2.57. The van der Waals surface area contributed by atoms with Gasteiger partial charge in [-0.25, -0.2) is 9.29 Å². The zero-order chi connectivity index (χ0) is 26.2. The number of piperidine rings is 2. The van der Waals surface area contributed by atoms with Crippen LogP contribution in [0.1, 0.15) is 88.2 Å². The van der Waals surface area contributed by atoms with Crippen LogP contribution in [-0.4, -0.2) is 63.3 Å². The van der Waals surface area contributed by atoms with Gasteiger partial charge in [0.1, 0.15) is 5.82 Å². The van der Waals surface area contributed by atoms with Gasteiger partial charge in [-0.2, -0.15) is 4.98 Å². The minimum atomic E-state index is -0.307. The van der Waals surface area contributed by atoms with Crippen molar-refractivity contribution < 1.29 is 4.79 Å². The molecule has 39 heavy (non-hydrogen) atoms. The Morgan fingerprint density at radius 3 is 2.49 bits per heavy atom. The standard InChI is InChI=1S/C31H42N6OS/c38-29-31(14-15-31)27-21-32-30(34-28(27)37(29)25-9-3-1-4-10-25)33-24-12-18-36(19-13-24)39-26-11-7-8-23(20-26)22-35-16-5-2-6-17-35/h7-8,11,20-21,24-25H,1-6,9-10,12-19,22H2,(H,32,33,34). The summed E-state index contributed by atoms with van der Waals surface area (Å²) < 4.78 is 2.50. The molecule has 5 aliphatic rings. The van der Waals surface area contributed by atoms with Crippen LogP contribution in [0.25, 0.3) is 0 Å². The van der Waals surface area contributed by atoms with E-state index in [1.54, 1.807) is 0 Å². The molecule has 7 rings (SSSR count). The monoisotopic (exact) mass is 546 g/mol. The summed E-state index contributed by atoms with van der Waals surface area (Å²) in [5.74, 6) is 1.89. The zero-order valence-electron chi connectivity index (χ0n) is 23.1. The second kappa shape index (κ2) is 11.0. The Labute approximate surface area is 237 Å². The van der Waals surface area contributed by atoms with E-state index in [0.29, 0.717) is 23.9 Å². The van der Waals surface area contributed by atoms with Gasteiger partial charge in [-0.05, 0) is 94.1 Å². The molecule has 3 aliphatic heterocycles. The molecule has 1 spiro atoms. The summed E-state index contributed by atoms with van der Waals surface area (Å²) in [6.45, 7) is 5.63. The Hall–Kier alpha value is -2.16. The second-order valence-corrected chi connectivity index (χ2v) is 13.6. The third kappa shape index (κ3) is 5.32. The quantitative estimate of drug-likeness (QED) is 0.443. The van der Waals surface area contributed by atoms with E-state index in [0.717, 1.165) is 69.5 Å². The lowest BCUT2D eigenvalue weighted by atomic mass is 9.94. The molecule has 2 saturated carbocycles. The predicted octanol–water partition coefficient (Wildman–Crippen LogP) is 5.76. The summed E-state index contributed by atoms with van der Waals surface area (Å²) in [7, 11) is 0. The lowest BCUT2D eigenvalue weighted by molar-refractivity contribution is -0.120. The van der Waals surface area contributed by atoms with Crippen molar-refractivity contribution in [3.63, 3.8) is 0 Å². The number of hydrogen-bond acceptors (Lipinski definition) is 7. The Kier molecular flexibility index (Phi) is 7.28. The van der Waals surface area contributed by atoms with Crippen LogP contribution in [0.15, 0.2) is 35.4 Å². The average molecular weight is 547 g/mol. The van der Waals surface area contributed by atoms with Gasteiger partial charge in [-0.1, -0.05) is 37.8 Å². The van der Waals surface area contributed by atoms with Gasteiger partial charge in [0.05, 0.1) is 5.41 Å². The number of carbonyl (C=O) groups is 1. The number of hydrogen-bond donors (Lipinski definition) is 1. The maximum atomic E-state index is 13.5. The van der Waals surface area contributed by atoms with E-state index < -0.39 is 0 Å². The summed E-state index contributed by atoms with van der Waals surface area (Å²) in [6, 6.07) is 9.80. The lowest BCUT2D eigenvalue weighted by Crippen LogP contribution is -2.42. The summed E-state index contributed by atoms with van der Waals surface area (Å²) in [4.78, 5) is 29.2. The van der Waals surface area contributed by atoms with Gasteiger partial charge in [0, 0.05) is 48.4 Å². The molecule has 0 unspecified atom stereocenters. The molecule has 2 aliphatic carbocycles. The van der Waals surface area contributed by atoms with Gasteiger partial charge in [0.25, 0.3) is 0 Å². The minimum absolute atomic E-state index is 0.293. The van der Waals surface area contributed by atoms with E-state index in [1.807, 2.05) is 18.1 Å². The molecule has 2 aromatic rings. The molecule has 208 valence electrons. The van der Waals surface area contributed by atoms with Crippen LogP contribution < -0.4 is 10.2 Å². The van der Waals surface area contributed by atoms with E-state index in [9.17, 15) is 4.79 Å². The molecule has 0 radical (unpaired) electrons. The smallest absolute Gasteiger partial charge is 0.239 e. The fourth-order valence-electron chi connectivity index (χ4n) is 7.19. The van der Waals surface area contributed by atoms with Crippen molar-refractivity contribution in [1.29, 1.82) is 0 Å². The molecule has 7 nitrogen and oxygen atoms in total. The van der Waals surface area contributed by atoms with Gasteiger partial charge < -0.3 is 5.32 Å². The Bertz CT molecular complexity index is 1180. The highest BCUT2D eigenvalue weighted by molar-refractivity contribution is 7.97. The van der Waals surface area contributed by atoms with Crippen LogP contribution in [0.5, 0.6) is 0 Å². The molecular weight excluding hydrogens is 504 g/mol. The van der Waals surface area contributed by atoms with Crippen LogP contribution in [0, 0.1) is 0 Å². The number of aromatic nitrogens is 2. The van der Waals surface area contributed by atoms with E-state index in [-0.39, 0.29) is 5.41 Å². The molecule has 1 N–H and O–H groups in total. The molecular formula is C31H42N6OS. The zero-order valence-corrected chi connectivity index (χ0v) is 23.9. The third-order valence-corrected chi connectivity index (χ3v) is 10.7. The maximum Gasteiger partial charge on any atom is 0.239 e. The number of amides is 1. The molecule has 1 aromatic carbocycles. The summed E-state index contributed by atoms with van der Waals surface area (Å²) in [5, 5.41) is 3.63. The molecule has 4 heterocycles. The highest BCUT2D eigenvalue weighted by atomic mass is 32.2. The first kappa shape index (κ1) is 25.8. The van der Waals surface area contributed by atoms with Crippen molar-refractivity contribution in [2.45, 2.75) is 106 Å². The number of likely N-dealkylation sites (tertiary alicyclic amines) is 1. The van der Waals surface area contributed by atoms with Crippen LogP contribution >= 0.6 is 11.9 Å². The van der Waals surface area contributed by atoms with Crippen LogP contribution in [0.2, 0.25) is 0 Å². The molecule has 1 amide bonds. The Morgan fingerprint density at radius 2 is 1.72 bits per heavy atom. The Balaban J connectivity index is 0.959. The largest absolute Gasteiger partial charge is 0.351 e. The maximum absolute atomic E-state index is 13.5. The van der Waals surface area contributed by atoms with Gasteiger partial charge in [0.15, 0.2) is 0 Å². The average Bonchev–Trinajstić information content (AvgIpc) is 3.74. The van der Waals surface area contributed by atoms with E-state index in [2.05, 4.69) is 43.7 Å².